The second-order valence-electron chi connectivity index (χ2n) is 7.87. The summed E-state index contributed by atoms with van der Waals surface area (Å²) in [5, 5.41) is 0.555. The van der Waals surface area contributed by atoms with Gasteiger partial charge in [0.1, 0.15) is 11.7 Å². The second-order valence-corrected chi connectivity index (χ2v) is 8.14. The summed E-state index contributed by atoms with van der Waals surface area (Å²) in [5.41, 5.74) is 2.24. The highest BCUT2D eigenvalue weighted by molar-refractivity contribution is 6.27. The zero-order chi connectivity index (χ0) is 22.4. The van der Waals surface area contributed by atoms with Crippen LogP contribution >= 0.6 is 11.6 Å². The van der Waals surface area contributed by atoms with Crippen LogP contribution in [0.3, 0.4) is 0 Å². The molecule has 164 valence electrons. The zero-order valence-corrected chi connectivity index (χ0v) is 19.2. The molecule has 0 aliphatic rings. The van der Waals surface area contributed by atoms with E-state index in [1.807, 2.05) is 56.3 Å². The maximum atomic E-state index is 13.6. The molecule has 0 N–H and O–H groups in total. The molecule has 0 fully saturated rings. The lowest BCUT2D eigenvalue weighted by molar-refractivity contribution is -0.130. The number of aryl methyl sites for hydroxylation is 1. The standard InChI is InChI=1S/C25H30ClN3O2/c1-4-5-6-11-16-28(23(30)17-26)19(3)24-27-21-14-9-8-13-20(21)25(31)29(24)22-15-10-7-12-18(22)2/h7-10,12-15,19H,4-6,11,16-17H2,1-3H3. The van der Waals surface area contributed by atoms with Gasteiger partial charge in [-0.1, -0.05) is 56.5 Å². The van der Waals surface area contributed by atoms with Crippen LogP contribution in [0.2, 0.25) is 0 Å². The van der Waals surface area contributed by atoms with E-state index in [0.29, 0.717) is 23.3 Å². The van der Waals surface area contributed by atoms with Crippen molar-refractivity contribution in [3.8, 4) is 5.69 Å². The van der Waals surface area contributed by atoms with Gasteiger partial charge in [0.25, 0.3) is 5.56 Å². The normalized spacial score (nSPS) is 12.1. The Bertz CT molecular complexity index is 1110. The van der Waals surface area contributed by atoms with Crippen molar-refractivity contribution in [3.63, 3.8) is 0 Å². The molecule has 0 spiro atoms. The number of carbonyl (C=O) groups is 1. The van der Waals surface area contributed by atoms with Crippen LogP contribution in [0, 0.1) is 6.92 Å². The Labute approximate surface area is 188 Å². The molecular weight excluding hydrogens is 410 g/mol. The molecule has 6 heteroatoms. The summed E-state index contributed by atoms with van der Waals surface area (Å²) >= 11 is 5.95. The minimum atomic E-state index is -0.398. The van der Waals surface area contributed by atoms with E-state index in [2.05, 4.69) is 6.92 Å². The average molecular weight is 440 g/mol. The summed E-state index contributed by atoms with van der Waals surface area (Å²) in [6.45, 7) is 6.64. The molecule has 31 heavy (non-hydrogen) atoms. The summed E-state index contributed by atoms with van der Waals surface area (Å²) in [5.74, 6) is 0.302. The molecule has 1 amide bonds. The van der Waals surface area contributed by atoms with Crippen molar-refractivity contribution in [2.24, 2.45) is 0 Å². The number of nitrogens with zero attached hydrogens (tertiary/aromatic N) is 3. The van der Waals surface area contributed by atoms with Crippen LogP contribution in [-0.2, 0) is 4.79 Å². The van der Waals surface area contributed by atoms with Gasteiger partial charge >= 0.3 is 0 Å². The first-order valence-electron chi connectivity index (χ1n) is 10.9. The molecule has 0 saturated carbocycles. The molecule has 3 aromatic rings. The van der Waals surface area contributed by atoms with Crippen LogP contribution < -0.4 is 5.56 Å². The van der Waals surface area contributed by atoms with Gasteiger partial charge in [0.15, 0.2) is 0 Å². The number of hydrogen-bond donors (Lipinski definition) is 0. The Kier molecular flexibility index (Phi) is 7.85. The first kappa shape index (κ1) is 23.0. The van der Waals surface area contributed by atoms with Gasteiger partial charge in [0.2, 0.25) is 5.91 Å². The predicted molar refractivity (Wildman–Crippen MR) is 127 cm³/mol. The van der Waals surface area contributed by atoms with E-state index in [1.165, 1.54) is 0 Å². The third kappa shape index (κ3) is 4.99. The van der Waals surface area contributed by atoms with Gasteiger partial charge in [-0.05, 0) is 44.0 Å². The number of carbonyl (C=O) groups excluding carboxylic acids is 1. The van der Waals surface area contributed by atoms with Gasteiger partial charge in [-0.25, -0.2) is 4.98 Å². The maximum Gasteiger partial charge on any atom is 0.266 e. The quantitative estimate of drug-likeness (QED) is 0.331. The molecule has 0 bridgehead atoms. The molecule has 1 aromatic heterocycles. The lowest BCUT2D eigenvalue weighted by Crippen LogP contribution is -2.38. The van der Waals surface area contributed by atoms with Gasteiger partial charge in [0, 0.05) is 6.54 Å². The van der Waals surface area contributed by atoms with E-state index in [9.17, 15) is 9.59 Å². The molecule has 0 aliphatic carbocycles. The Morgan fingerprint density at radius 3 is 2.52 bits per heavy atom. The molecule has 1 atom stereocenters. The van der Waals surface area contributed by atoms with Crippen molar-refractivity contribution >= 4 is 28.4 Å². The van der Waals surface area contributed by atoms with E-state index in [0.717, 1.165) is 36.9 Å². The van der Waals surface area contributed by atoms with Crippen molar-refractivity contribution in [1.29, 1.82) is 0 Å². The van der Waals surface area contributed by atoms with E-state index >= 15 is 0 Å². The maximum absolute atomic E-state index is 13.6. The first-order valence-corrected chi connectivity index (χ1v) is 11.5. The number of amides is 1. The minimum Gasteiger partial charge on any atom is -0.332 e. The number of benzene rings is 2. The van der Waals surface area contributed by atoms with Gasteiger partial charge in [-0.2, -0.15) is 0 Å². The summed E-state index contributed by atoms with van der Waals surface area (Å²) in [4.78, 5) is 32.9. The molecule has 3 rings (SSSR count). The van der Waals surface area contributed by atoms with E-state index in [-0.39, 0.29) is 17.3 Å². The van der Waals surface area contributed by atoms with Crippen LogP contribution in [0.1, 0.15) is 57.0 Å². The Balaban J connectivity index is 2.16. The SMILES string of the molecule is CCCCCCN(C(=O)CCl)C(C)c1nc2ccccc2c(=O)n1-c1ccccc1C. The molecule has 0 radical (unpaired) electrons. The van der Waals surface area contributed by atoms with Crippen molar-refractivity contribution in [3.05, 3.63) is 70.3 Å². The van der Waals surface area contributed by atoms with Gasteiger partial charge in [-0.15, -0.1) is 11.6 Å². The minimum absolute atomic E-state index is 0.0969. The van der Waals surface area contributed by atoms with E-state index < -0.39 is 6.04 Å². The lowest BCUT2D eigenvalue weighted by atomic mass is 10.1. The largest absolute Gasteiger partial charge is 0.332 e. The third-order valence-electron chi connectivity index (χ3n) is 5.69. The number of para-hydroxylation sites is 2. The van der Waals surface area contributed by atoms with Crippen LogP contribution in [0.25, 0.3) is 16.6 Å². The number of alkyl halides is 1. The van der Waals surface area contributed by atoms with Crippen molar-refractivity contribution in [2.75, 3.05) is 12.4 Å². The number of hydrogen-bond acceptors (Lipinski definition) is 3. The predicted octanol–water partition coefficient (Wildman–Crippen LogP) is 5.40. The molecule has 1 heterocycles. The second kappa shape index (κ2) is 10.6. The van der Waals surface area contributed by atoms with E-state index in [4.69, 9.17) is 16.6 Å². The third-order valence-corrected chi connectivity index (χ3v) is 5.92. The summed E-state index contributed by atoms with van der Waals surface area (Å²) in [6.07, 6.45) is 4.19. The topological polar surface area (TPSA) is 55.2 Å². The van der Waals surface area contributed by atoms with Crippen LogP contribution in [-0.4, -0.2) is 32.8 Å². The summed E-state index contributed by atoms with van der Waals surface area (Å²) in [7, 11) is 0. The molecule has 1 unspecified atom stereocenters. The highest BCUT2D eigenvalue weighted by Gasteiger charge is 2.26. The van der Waals surface area contributed by atoms with Gasteiger partial charge < -0.3 is 4.90 Å². The van der Waals surface area contributed by atoms with Gasteiger partial charge in [0.05, 0.1) is 22.6 Å². The molecule has 0 saturated heterocycles. The number of rotatable bonds is 9. The highest BCUT2D eigenvalue weighted by atomic mass is 35.5. The highest BCUT2D eigenvalue weighted by Crippen LogP contribution is 2.25. The zero-order valence-electron chi connectivity index (χ0n) is 18.5. The number of halogens is 1. The average Bonchev–Trinajstić information content (AvgIpc) is 2.79. The first-order chi connectivity index (χ1) is 15.0. The number of unbranched alkanes of at least 4 members (excludes halogenated alkanes) is 3. The fourth-order valence-electron chi connectivity index (χ4n) is 3.94. The summed E-state index contributed by atoms with van der Waals surface area (Å²) in [6, 6.07) is 14.7. The number of fused-ring (bicyclic) bond motifs is 1. The molecule has 0 aliphatic heterocycles. The fraction of sp³-hybridized carbons (Fsp3) is 0.400. The van der Waals surface area contributed by atoms with Gasteiger partial charge in [-0.3, -0.25) is 14.2 Å². The van der Waals surface area contributed by atoms with Crippen LogP contribution in [0.15, 0.2) is 53.3 Å². The molecular formula is C25H30ClN3O2. The summed E-state index contributed by atoms with van der Waals surface area (Å²) < 4.78 is 1.66. The molecule has 5 nitrogen and oxygen atoms in total. The smallest absolute Gasteiger partial charge is 0.266 e. The lowest BCUT2D eigenvalue weighted by Gasteiger charge is -2.30. The van der Waals surface area contributed by atoms with Crippen molar-refractivity contribution < 1.29 is 4.79 Å². The van der Waals surface area contributed by atoms with E-state index in [1.54, 1.807) is 15.5 Å². The Morgan fingerprint density at radius 1 is 1.10 bits per heavy atom. The monoisotopic (exact) mass is 439 g/mol. The van der Waals surface area contributed by atoms with Crippen LogP contribution in [0.5, 0.6) is 0 Å². The Hall–Kier alpha value is -2.66. The van der Waals surface area contributed by atoms with Crippen molar-refractivity contribution in [2.45, 2.75) is 52.5 Å². The fourth-order valence-corrected chi connectivity index (χ4v) is 4.09. The number of aromatic nitrogens is 2. The Morgan fingerprint density at radius 2 is 1.81 bits per heavy atom. The van der Waals surface area contributed by atoms with Crippen LogP contribution in [0.4, 0.5) is 0 Å². The van der Waals surface area contributed by atoms with Crippen molar-refractivity contribution in [1.82, 2.24) is 14.5 Å². The molecule has 2 aromatic carbocycles.